The fourth-order valence-electron chi connectivity index (χ4n) is 2.30. The molecule has 0 aliphatic heterocycles. The maximum absolute atomic E-state index is 5.18. The van der Waals surface area contributed by atoms with Crippen molar-refractivity contribution in [3.8, 4) is 0 Å². The summed E-state index contributed by atoms with van der Waals surface area (Å²) in [6, 6.07) is 8.72. The Bertz CT molecular complexity index is 382. The second-order valence-corrected chi connectivity index (χ2v) is 5.83. The molecule has 0 saturated carbocycles. The van der Waals surface area contributed by atoms with Gasteiger partial charge in [0, 0.05) is 44.4 Å². The first-order chi connectivity index (χ1) is 10.2. The predicted molar refractivity (Wildman–Crippen MR) is 90.8 cm³/mol. The number of halogens is 1. The van der Waals surface area contributed by atoms with Crippen LogP contribution in [0.3, 0.4) is 0 Å². The van der Waals surface area contributed by atoms with Crippen LogP contribution >= 0.6 is 15.9 Å². The van der Waals surface area contributed by atoms with Gasteiger partial charge in [-0.2, -0.15) is 0 Å². The van der Waals surface area contributed by atoms with Gasteiger partial charge in [-0.1, -0.05) is 34.1 Å². The van der Waals surface area contributed by atoms with Crippen molar-refractivity contribution in [3.63, 3.8) is 0 Å². The van der Waals surface area contributed by atoms with Crippen molar-refractivity contribution in [2.24, 2.45) is 0 Å². The van der Waals surface area contributed by atoms with Crippen molar-refractivity contribution in [3.05, 3.63) is 34.3 Å². The van der Waals surface area contributed by atoms with Crippen molar-refractivity contribution < 1.29 is 9.47 Å². The van der Waals surface area contributed by atoms with Crippen LogP contribution in [0.4, 0.5) is 0 Å². The summed E-state index contributed by atoms with van der Waals surface area (Å²) in [6.45, 7) is 4.39. The molecule has 1 N–H and O–H groups in total. The number of benzene rings is 1. The Morgan fingerprint density at radius 2 is 1.71 bits per heavy atom. The van der Waals surface area contributed by atoms with Crippen LogP contribution in [0, 0.1) is 0 Å². The maximum atomic E-state index is 5.18. The zero-order valence-electron chi connectivity index (χ0n) is 13.3. The summed E-state index contributed by atoms with van der Waals surface area (Å²) in [7, 11) is 5.50. The molecule has 4 nitrogen and oxygen atoms in total. The molecule has 1 rings (SSSR count). The number of hydrogen-bond acceptors (Lipinski definition) is 4. The van der Waals surface area contributed by atoms with Crippen LogP contribution in [0.5, 0.6) is 0 Å². The van der Waals surface area contributed by atoms with Gasteiger partial charge in [0.25, 0.3) is 0 Å². The standard InChI is InChI=1S/C16H27BrN2O2/c1-18-16(14-6-4-5-7-15(14)17)8-9-19(10-12-20-2)11-13-21-3/h4-7,16,18H,8-13H2,1-3H3. The molecule has 0 fully saturated rings. The van der Waals surface area contributed by atoms with Gasteiger partial charge < -0.3 is 14.8 Å². The lowest BCUT2D eigenvalue weighted by atomic mass is 10.0. The first kappa shape index (κ1) is 18.6. The van der Waals surface area contributed by atoms with Crippen LogP contribution in [0.15, 0.2) is 28.7 Å². The van der Waals surface area contributed by atoms with Crippen LogP contribution in [0.1, 0.15) is 18.0 Å². The minimum Gasteiger partial charge on any atom is -0.383 e. The fourth-order valence-corrected chi connectivity index (χ4v) is 2.86. The highest BCUT2D eigenvalue weighted by atomic mass is 79.9. The van der Waals surface area contributed by atoms with E-state index in [-0.39, 0.29) is 0 Å². The number of hydrogen-bond donors (Lipinski definition) is 1. The van der Waals surface area contributed by atoms with Crippen LogP contribution in [0.2, 0.25) is 0 Å². The van der Waals surface area contributed by atoms with E-state index in [2.05, 4.69) is 44.3 Å². The molecule has 1 unspecified atom stereocenters. The van der Waals surface area contributed by atoms with E-state index in [1.165, 1.54) is 5.56 Å². The molecule has 0 heterocycles. The summed E-state index contributed by atoms with van der Waals surface area (Å²) in [5.74, 6) is 0. The number of nitrogens with one attached hydrogen (secondary N) is 1. The van der Waals surface area contributed by atoms with Crippen molar-refractivity contribution in [2.45, 2.75) is 12.5 Å². The van der Waals surface area contributed by atoms with E-state index in [4.69, 9.17) is 9.47 Å². The van der Waals surface area contributed by atoms with Crippen molar-refractivity contribution in [2.75, 3.05) is 54.1 Å². The van der Waals surface area contributed by atoms with Gasteiger partial charge in [0.1, 0.15) is 0 Å². The zero-order chi connectivity index (χ0) is 15.5. The van der Waals surface area contributed by atoms with Crippen LogP contribution < -0.4 is 5.32 Å². The quantitative estimate of drug-likeness (QED) is 0.659. The highest BCUT2D eigenvalue weighted by Gasteiger charge is 2.14. The molecule has 1 aromatic rings. The van der Waals surface area contributed by atoms with Gasteiger partial charge in [-0.05, 0) is 25.1 Å². The molecule has 5 heteroatoms. The third-order valence-corrected chi connectivity index (χ3v) is 4.31. The van der Waals surface area contributed by atoms with Crippen molar-refractivity contribution in [1.82, 2.24) is 10.2 Å². The minimum atomic E-state index is 0.341. The van der Waals surface area contributed by atoms with Gasteiger partial charge in [0.2, 0.25) is 0 Å². The second-order valence-electron chi connectivity index (χ2n) is 4.98. The number of nitrogens with zero attached hydrogens (tertiary/aromatic N) is 1. The van der Waals surface area contributed by atoms with E-state index in [1.807, 2.05) is 13.1 Å². The average molecular weight is 359 g/mol. The summed E-state index contributed by atoms with van der Waals surface area (Å²) in [6.07, 6.45) is 1.05. The molecular weight excluding hydrogens is 332 g/mol. The molecular formula is C16H27BrN2O2. The fraction of sp³-hybridized carbons (Fsp3) is 0.625. The first-order valence-corrected chi connectivity index (χ1v) is 8.14. The van der Waals surface area contributed by atoms with E-state index in [0.717, 1.165) is 43.7 Å². The Balaban J connectivity index is 2.56. The van der Waals surface area contributed by atoms with Crippen LogP contribution in [-0.4, -0.2) is 59.0 Å². The van der Waals surface area contributed by atoms with Gasteiger partial charge in [0.15, 0.2) is 0 Å². The lowest BCUT2D eigenvalue weighted by molar-refractivity contribution is 0.111. The highest BCUT2D eigenvalue weighted by molar-refractivity contribution is 9.10. The number of rotatable bonds is 11. The largest absolute Gasteiger partial charge is 0.383 e. The monoisotopic (exact) mass is 358 g/mol. The van der Waals surface area contributed by atoms with Gasteiger partial charge in [-0.15, -0.1) is 0 Å². The number of methoxy groups -OCH3 is 2. The molecule has 0 saturated heterocycles. The van der Waals surface area contributed by atoms with Gasteiger partial charge >= 0.3 is 0 Å². The van der Waals surface area contributed by atoms with E-state index in [0.29, 0.717) is 6.04 Å². The van der Waals surface area contributed by atoms with Crippen molar-refractivity contribution in [1.29, 1.82) is 0 Å². The first-order valence-electron chi connectivity index (χ1n) is 7.34. The van der Waals surface area contributed by atoms with Crippen LogP contribution in [-0.2, 0) is 9.47 Å². The third kappa shape index (κ3) is 6.89. The van der Waals surface area contributed by atoms with Crippen LogP contribution in [0.25, 0.3) is 0 Å². The third-order valence-electron chi connectivity index (χ3n) is 3.59. The lowest BCUT2D eigenvalue weighted by Crippen LogP contribution is -2.33. The summed E-state index contributed by atoms with van der Waals surface area (Å²) in [5.41, 5.74) is 1.30. The molecule has 1 atom stereocenters. The Hall–Kier alpha value is -0.460. The molecule has 1 aromatic carbocycles. The Morgan fingerprint density at radius 3 is 2.24 bits per heavy atom. The molecule has 21 heavy (non-hydrogen) atoms. The molecule has 0 aromatic heterocycles. The van der Waals surface area contributed by atoms with Gasteiger partial charge in [-0.3, -0.25) is 4.90 Å². The van der Waals surface area contributed by atoms with Crippen molar-refractivity contribution >= 4 is 15.9 Å². The lowest BCUT2D eigenvalue weighted by Gasteiger charge is -2.25. The molecule has 0 amide bonds. The van der Waals surface area contributed by atoms with Gasteiger partial charge in [-0.25, -0.2) is 0 Å². The molecule has 0 aliphatic carbocycles. The second kappa shape index (κ2) is 11.2. The summed E-state index contributed by atoms with van der Waals surface area (Å²) in [5, 5.41) is 3.41. The van der Waals surface area contributed by atoms with E-state index >= 15 is 0 Å². The van der Waals surface area contributed by atoms with Gasteiger partial charge in [0.05, 0.1) is 13.2 Å². The normalized spacial score (nSPS) is 12.8. The number of ether oxygens (including phenoxy) is 2. The molecule has 0 aliphatic rings. The van der Waals surface area contributed by atoms with E-state index in [1.54, 1.807) is 14.2 Å². The summed E-state index contributed by atoms with van der Waals surface area (Å²) in [4.78, 5) is 2.38. The topological polar surface area (TPSA) is 33.7 Å². The molecule has 0 spiro atoms. The SMILES string of the molecule is CNC(CCN(CCOC)CCOC)c1ccccc1Br. The van der Waals surface area contributed by atoms with E-state index in [9.17, 15) is 0 Å². The Labute approximate surface area is 136 Å². The average Bonchev–Trinajstić information content (AvgIpc) is 2.51. The summed E-state index contributed by atoms with van der Waals surface area (Å²) >= 11 is 3.64. The zero-order valence-corrected chi connectivity index (χ0v) is 14.9. The Kier molecular flexibility index (Phi) is 9.87. The Morgan fingerprint density at radius 1 is 1.10 bits per heavy atom. The minimum absolute atomic E-state index is 0.341. The molecule has 0 bridgehead atoms. The summed E-state index contributed by atoms with van der Waals surface area (Å²) < 4.78 is 11.5. The smallest absolute Gasteiger partial charge is 0.0589 e. The molecule has 120 valence electrons. The predicted octanol–water partition coefficient (Wildman–Crippen LogP) is 2.69. The van der Waals surface area contributed by atoms with E-state index < -0.39 is 0 Å². The highest BCUT2D eigenvalue weighted by Crippen LogP contribution is 2.25. The molecule has 0 radical (unpaired) electrons. The maximum Gasteiger partial charge on any atom is 0.0589 e.